The Morgan fingerprint density at radius 1 is 1.50 bits per heavy atom. The number of amides is 1. The van der Waals surface area contributed by atoms with Crippen molar-refractivity contribution in [2.45, 2.75) is 19.4 Å². The quantitative estimate of drug-likeness (QED) is 0.769. The maximum Gasteiger partial charge on any atom is 0.407 e. The predicted octanol–water partition coefficient (Wildman–Crippen LogP) is 1.46. The van der Waals surface area contributed by atoms with E-state index in [-0.39, 0.29) is 5.54 Å². The van der Waals surface area contributed by atoms with Crippen molar-refractivity contribution in [1.29, 1.82) is 0 Å². The summed E-state index contributed by atoms with van der Waals surface area (Å²) in [4.78, 5) is 14.7. The Hall–Kier alpha value is -0.290. The van der Waals surface area contributed by atoms with Crippen LogP contribution in [0.5, 0.6) is 0 Å². The number of hydrogen-bond donors (Lipinski definition) is 1. The molecule has 0 saturated carbocycles. The van der Waals surface area contributed by atoms with E-state index in [0.717, 1.165) is 25.0 Å². The Kier molecular flexibility index (Phi) is 3.78. The van der Waals surface area contributed by atoms with Crippen molar-refractivity contribution in [3.63, 3.8) is 0 Å². The van der Waals surface area contributed by atoms with Gasteiger partial charge in [0.1, 0.15) is 0 Å². The lowest BCUT2D eigenvalue weighted by atomic mass is 9.99. The van der Waals surface area contributed by atoms with Gasteiger partial charge in [0.15, 0.2) is 0 Å². The monoisotopic (exact) mass is 264 g/mol. The van der Waals surface area contributed by atoms with Crippen LogP contribution in [-0.4, -0.2) is 58.0 Å². The lowest BCUT2D eigenvalue weighted by Crippen LogP contribution is -2.60. The number of alkyl halides is 1. The fourth-order valence-electron chi connectivity index (χ4n) is 1.92. The first-order valence-electron chi connectivity index (χ1n) is 4.76. The molecule has 0 aromatic rings. The predicted molar refractivity (Wildman–Crippen MR) is 59.0 cm³/mol. The van der Waals surface area contributed by atoms with Crippen molar-refractivity contribution in [2.24, 2.45) is 0 Å². The molecule has 0 radical (unpaired) electrons. The molecule has 0 aromatic heterocycles. The van der Waals surface area contributed by atoms with E-state index in [1.807, 2.05) is 13.8 Å². The molecule has 82 valence electrons. The van der Waals surface area contributed by atoms with Crippen molar-refractivity contribution in [3.8, 4) is 0 Å². The summed E-state index contributed by atoms with van der Waals surface area (Å²) < 4.78 is 0. The summed E-state index contributed by atoms with van der Waals surface area (Å²) in [6.45, 7) is 7.18. The van der Waals surface area contributed by atoms with Crippen LogP contribution in [0.25, 0.3) is 0 Å². The molecule has 1 fully saturated rings. The second kappa shape index (κ2) is 4.49. The van der Waals surface area contributed by atoms with Crippen LogP contribution < -0.4 is 0 Å². The largest absolute Gasteiger partial charge is 0.465 e. The standard InChI is InChI=1S/C9H17BrN2O2/c1-9(2)7-11(4-3-10)5-6-12(9)8(13)14/h3-7H2,1-2H3,(H,13,14). The molecule has 1 saturated heterocycles. The Morgan fingerprint density at radius 3 is 2.57 bits per heavy atom. The summed E-state index contributed by atoms with van der Waals surface area (Å²) in [5, 5.41) is 9.93. The van der Waals surface area contributed by atoms with Gasteiger partial charge in [0.25, 0.3) is 0 Å². The van der Waals surface area contributed by atoms with E-state index in [1.165, 1.54) is 4.90 Å². The van der Waals surface area contributed by atoms with E-state index in [1.54, 1.807) is 0 Å². The van der Waals surface area contributed by atoms with E-state index < -0.39 is 6.09 Å². The van der Waals surface area contributed by atoms with Gasteiger partial charge in [-0.25, -0.2) is 4.79 Å². The number of piperazine rings is 1. The molecule has 0 aliphatic carbocycles. The number of rotatable bonds is 2. The molecule has 0 bridgehead atoms. The van der Waals surface area contributed by atoms with E-state index in [4.69, 9.17) is 5.11 Å². The average molecular weight is 265 g/mol. The molecule has 5 heteroatoms. The van der Waals surface area contributed by atoms with Gasteiger partial charge in [-0.1, -0.05) is 15.9 Å². The molecule has 0 aromatic carbocycles. The lowest BCUT2D eigenvalue weighted by molar-refractivity contribution is 0.0285. The summed E-state index contributed by atoms with van der Waals surface area (Å²) >= 11 is 3.39. The Bertz CT molecular complexity index is 221. The van der Waals surface area contributed by atoms with Crippen molar-refractivity contribution in [3.05, 3.63) is 0 Å². The average Bonchev–Trinajstić information content (AvgIpc) is 2.01. The van der Waals surface area contributed by atoms with Crippen LogP contribution in [-0.2, 0) is 0 Å². The van der Waals surface area contributed by atoms with Crippen molar-refractivity contribution >= 4 is 22.0 Å². The number of halogens is 1. The van der Waals surface area contributed by atoms with Gasteiger partial charge in [-0.05, 0) is 13.8 Å². The third-order valence-electron chi connectivity index (χ3n) is 2.61. The third kappa shape index (κ3) is 2.60. The lowest BCUT2D eigenvalue weighted by Gasteiger charge is -2.45. The second-order valence-corrected chi connectivity index (χ2v) is 5.00. The molecule has 1 aliphatic heterocycles. The first-order valence-corrected chi connectivity index (χ1v) is 5.88. The topological polar surface area (TPSA) is 43.8 Å². The minimum atomic E-state index is -0.812. The van der Waals surface area contributed by atoms with Gasteiger partial charge in [0.05, 0.1) is 5.54 Å². The van der Waals surface area contributed by atoms with Gasteiger partial charge in [-0.3, -0.25) is 4.90 Å². The molecule has 1 aliphatic rings. The van der Waals surface area contributed by atoms with Crippen molar-refractivity contribution in [2.75, 3.05) is 31.5 Å². The normalized spacial score (nSPS) is 22.4. The van der Waals surface area contributed by atoms with Crippen LogP contribution in [0.3, 0.4) is 0 Å². The number of carbonyl (C=O) groups is 1. The molecule has 0 atom stereocenters. The van der Waals surface area contributed by atoms with E-state index in [0.29, 0.717) is 6.54 Å². The summed E-state index contributed by atoms with van der Waals surface area (Å²) in [6.07, 6.45) is -0.812. The van der Waals surface area contributed by atoms with Crippen LogP contribution in [0.4, 0.5) is 4.79 Å². The summed E-state index contributed by atoms with van der Waals surface area (Å²) in [5.74, 6) is 0. The Balaban J connectivity index is 2.60. The van der Waals surface area contributed by atoms with Crippen LogP contribution in [0.1, 0.15) is 13.8 Å². The fourth-order valence-corrected chi connectivity index (χ4v) is 2.42. The molecule has 4 nitrogen and oxygen atoms in total. The zero-order chi connectivity index (χ0) is 10.8. The highest BCUT2D eigenvalue weighted by Gasteiger charge is 2.36. The third-order valence-corrected chi connectivity index (χ3v) is 2.97. The van der Waals surface area contributed by atoms with E-state index in [2.05, 4.69) is 20.8 Å². The second-order valence-electron chi connectivity index (χ2n) is 4.21. The van der Waals surface area contributed by atoms with Crippen LogP contribution >= 0.6 is 15.9 Å². The van der Waals surface area contributed by atoms with Gasteiger partial charge in [0.2, 0.25) is 0 Å². The highest BCUT2D eigenvalue weighted by molar-refractivity contribution is 9.09. The maximum atomic E-state index is 10.9. The summed E-state index contributed by atoms with van der Waals surface area (Å²) in [7, 11) is 0. The zero-order valence-corrected chi connectivity index (χ0v) is 10.2. The van der Waals surface area contributed by atoms with Crippen LogP contribution in [0.2, 0.25) is 0 Å². The molecule has 0 spiro atoms. The van der Waals surface area contributed by atoms with Gasteiger partial charge < -0.3 is 10.0 Å². The molecule has 1 amide bonds. The summed E-state index contributed by atoms with van der Waals surface area (Å²) in [6, 6.07) is 0. The highest BCUT2D eigenvalue weighted by Crippen LogP contribution is 2.20. The number of carboxylic acid groups (broad SMARTS) is 1. The highest BCUT2D eigenvalue weighted by atomic mass is 79.9. The van der Waals surface area contributed by atoms with E-state index in [9.17, 15) is 4.79 Å². The van der Waals surface area contributed by atoms with Gasteiger partial charge >= 0.3 is 6.09 Å². The fraction of sp³-hybridized carbons (Fsp3) is 0.889. The molecule has 1 rings (SSSR count). The van der Waals surface area contributed by atoms with Gasteiger partial charge in [-0.2, -0.15) is 0 Å². The molecule has 0 unspecified atom stereocenters. The first kappa shape index (κ1) is 11.8. The Labute approximate surface area is 93.0 Å². The minimum absolute atomic E-state index is 0.272. The SMILES string of the molecule is CC1(C)CN(CCBr)CCN1C(=O)O. The first-order chi connectivity index (χ1) is 6.47. The molecular formula is C9H17BrN2O2. The maximum absolute atomic E-state index is 10.9. The number of hydrogen-bond acceptors (Lipinski definition) is 2. The molecule has 1 heterocycles. The van der Waals surface area contributed by atoms with Gasteiger partial charge in [-0.15, -0.1) is 0 Å². The number of nitrogens with zero attached hydrogens (tertiary/aromatic N) is 2. The molecule has 14 heavy (non-hydrogen) atoms. The van der Waals surface area contributed by atoms with Crippen molar-refractivity contribution < 1.29 is 9.90 Å². The van der Waals surface area contributed by atoms with Crippen LogP contribution in [0, 0.1) is 0 Å². The Morgan fingerprint density at radius 2 is 2.14 bits per heavy atom. The van der Waals surface area contributed by atoms with Crippen LogP contribution in [0.15, 0.2) is 0 Å². The van der Waals surface area contributed by atoms with Gasteiger partial charge in [0, 0.05) is 31.5 Å². The smallest absolute Gasteiger partial charge is 0.407 e. The van der Waals surface area contributed by atoms with Crippen molar-refractivity contribution in [1.82, 2.24) is 9.80 Å². The minimum Gasteiger partial charge on any atom is -0.465 e. The molecular weight excluding hydrogens is 248 g/mol. The molecule has 1 N–H and O–H groups in total. The van der Waals surface area contributed by atoms with E-state index >= 15 is 0 Å². The summed E-state index contributed by atoms with van der Waals surface area (Å²) in [5.41, 5.74) is -0.272. The zero-order valence-electron chi connectivity index (χ0n) is 8.66.